The number of amides is 1. The molecular formula is C33H43Cl2F7N8O3S. The van der Waals surface area contributed by atoms with E-state index < -0.39 is 68.4 Å². The number of halogens is 9. The van der Waals surface area contributed by atoms with Gasteiger partial charge in [-0.1, -0.05) is 56.5 Å². The Hall–Kier alpha value is -3.26. The summed E-state index contributed by atoms with van der Waals surface area (Å²) in [7, 11) is -6.14. The summed E-state index contributed by atoms with van der Waals surface area (Å²) >= 11 is 12.2. The lowest BCUT2D eigenvalue weighted by Crippen LogP contribution is -2.29. The number of alkyl halides is 1. The molecule has 6 heterocycles. The van der Waals surface area contributed by atoms with E-state index in [1.54, 1.807) is 23.7 Å². The fraction of sp³-hybridized carbons (Fsp3) is 0.576. The number of carbonyl (C=O) groups excluding carboxylic acids is 1. The number of nitrogens with zero attached hydrogens (tertiary/aromatic N) is 7. The minimum absolute atomic E-state index is 0.0690. The molecule has 0 saturated carbocycles. The van der Waals surface area contributed by atoms with E-state index in [0.717, 1.165) is 13.0 Å². The topological polar surface area (TPSA) is 115 Å². The van der Waals surface area contributed by atoms with E-state index in [0.29, 0.717) is 49.4 Å². The molecule has 2 saturated heterocycles. The fourth-order valence-corrected chi connectivity index (χ4v) is 9.13. The molecule has 2 aromatic heterocycles. The summed E-state index contributed by atoms with van der Waals surface area (Å²) in [6.45, 7) is 6.33. The van der Waals surface area contributed by atoms with Crippen LogP contribution < -0.4 is 15.4 Å². The van der Waals surface area contributed by atoms with E-state index in [9.17, 15) is 28.6 Å². The van der Waals surface area contributed by atoms with Crippen molar-refractivity contribution in [2.75, 3.05) is 51.5 Å². The number of rotatable bonds is 5. The molecule has 11 nitrogen and oxygen atoms in total. The van der Waals surface area contributed by atoms with E-state index in [1.165, 1.54) is 24.9 Å². The Labute approximate surface area is 318 Å². The fourth-order valence-electron chi connectivity index (χ4n) is 7.14. The lowest BCUT2D eigenvalue weighted by molar-refractivity contribution is 0.0212. The van der Waals surface area contributed by atoms with Gasteiger partial charge in [-0.15, -0.1) is 0 Å². The van der Waals surface area contributed by atoms with E-state index in [4.69, 9.17) is 38.4 Å². The van der Waals surface area contributed by atoms with Gasteiger partial charge in [-0.25, -0.2) is 8.78 Å². The predicted octanol–water partition coefficient (Wildman–Crippen LogP) is 8.51. The summed E-state index contributed by atoms with van der Waals surface area (Å²) < 4.78 is 111. The largest absolute Gasteiger partial charge is 0.467 e. The van der Waals surface area contributed by atoms with E-state index >= 15 is 4.39 Å². The van der Waals surface area contributed by atoms with Crippen LogP contribution in [0.1, 0.15) is 78.6 Å². The van der Waals surface area contributed by atoms with Crippen molar-refractivity contribution in [2.24, 2.45) is 0 Å². The summed E-state index contributed by atoms with van der Waals surface area (Å²) in [5, 5.41) is 3.06. The van der Waals surface area contributed by atoms with Gasteiger partial charge in [0, 0.05) is 57.3 Å². The van der Waals surface area contributed by atoms with Crippen molar-refractivity contribution in [2.45, 2.75) is 88.9 Å². The van der Waals surface area contributed by atoms with Gasteiger partial charge in [0.25, 0.3) is 5.91 Å². The van der Waals surface area contributed by atoms with Gasteiger partial charge in [0.15, 0.2) is 11.5 Å². The predicted molar refractivity (Wildman–Crippen MR) is 193 cm³/mol. The zero-order valence-electron chi connectivity index (χ0n) is 30.3. The Kier molecular flexibility index (Phi) is 11.6. The van der Waals surface area contributed by atoms with Crippen molar-refractivity contribution in [3.8, 4) is 6.01 Å². The summed E-state index contributed by atoms with van der Waals surface area (Å²) in [5.74, 6) is -1.84. The van der Waals surface area contributed by atoms with Crippen LogP contribution in [-0.2, 0) is 30.9 Å². The lowest BCUT2D eigenvalue weighted by Gasteiger charge is -2.43. The zero-order chi connectivity index (χ0) is 40.0. The number of aromatic nitrogens is 4. The van der Waals surface area contributed by atoms with Gasteiger partial charge < -0.3 is 25.0 Å². The molecule has 21 heteroatoms. The second-order valence-corrected chi connectivity index (χ2v) is 16.5. The van der Waals surface area contributed by atoms with Gasteiger partial charge >= 0.3 is 16.2 Å². The number of anilines is 2. The monoisotopic (exact) mass is 834 g/mol. The van der Waals surface area contributed by atoms with Crippen LogP contribution in [0.4, 0.5) is 39.7 Å². The SMILES string of the molecule is CC.COc1nc2c(c(N3CCCn4nc(C(=O)N(C)C)c(Cl)c4C3)n1)COC(c1c(F)c(N)cc(Cl)c1S(F)(F)(F)(F)F)C2.FC1CC2CCCN2C1. The second-order valence-electron chi connectivity index (χ2n) is 13.4. The molecule has 2 fully saturated rings. The second kappa shape index (κ2) is 15.0. The van der Waals surface area contributed by atoms with Crippen LogP contribution in [-0.4, -0.2) is 88.5 Å². The molecule has 2 N–H and O–H groups in total. The molecule has 302 valence electrons. The van der Waals surface area contributed by atoms with Gasteiger partial charge in [0.2, 0.25) is 0 Å². The molecule has 3 unspecified atom stereocenters. The molecule has 0 bridgehead atoms. The average molecular weight is 836 g/mol. The number of fused-ring (bicyclic) bond motifs is 3. The lowest BCUT2D eigenvalue weighted by atomic mass is 9.98. The third-order valence-electron chi connectivity index (χ3n) is 9.48. The van der Waals surface area contributed by atoms with Crippen LogP contribution in [0.2, 0.25) is 10.0 Å². The van der Waals surface area contributed by atoms with Gasteiger partial charge in [-0.05, 0) is 38.3 Å². The highest BCUT2D eigenvalue weighted by atomic mass is 35.5. The van der Waals surface area contributed by atoms with Crippen molar-refractivity contribution in [3.05, 3.63) is 50.1 Å². The number of ether oxygens (including phenoxy) is 2. The maximum absolute atomic E-state index is 15.1. The Morgan fingerprint density at radius 3 is 2.43 bits per heavy atom. The van der Waals surface area contributed by atoms with Crippen molar-refractivity contribution in [1.29, 1.82) is 0 Å². The molecule has 7 rings (SSSR count). The van der Waals surface area contributed by atoms with E-state index in [-0.39, 0.29) is 34.8 Å². The van der Waals surface area contributed by atoms with Crippen LogP contribution >= 0.6 is 33.4 Å². The molecule has 54 heavy (non-hydrogen) atoms. The van der Waals surface area contributed by atoms with E-state index in [1.807, 2.05) is 13.8 Å². The first kappa shape index (κ1) is 41.9. The molecule has 0 spiro atoms. The third-order valence-corrected chi connectivity index (χ3v) is 11.5. The first-order valence-electron chi connectivity index (χ1n) is 17.3. The number of nitrogens with two attached hydrogens (primary N) is 1. The number of hydrogen-bond acceptors (Lipinski definition) is 9. The Balaban J connectivity index is 0.000000436. The number of benzene rings is 1. The normalized spacial score (nSPS) is 22.3. The van der Waals surface area contributed by atoms with Crippen molar-refractivity contribution >= 4 is 50.8 Å². The summed E-state index contributed by atoms with van der Waals surface area (Å²) in [5.41, 5.74) is 4.11. The van der Waals surface area contributed by atoms with Crippen molar-refractivity contribution < 1.29 is 42.5 Å². The minimum Gasteiger partial charge on any atom is -0.467 e. The first-order chi connectivity index (χ1) is 25.2. The highest BCUT2D eigenvalue weighted by molar-refractivity contribution is 8.45. The first-order valence-corrected chi connectivity index (χ1v) is 20.0. The average Bonchev–Trinajstić information content (AvgIpc) is 3.72. The smallest absolute Gasteiger partial charge is 0.318 e. The van der Waals surface area contributed by atoms with Gasteiger partial charge in [-0.2, -0.15) is 15.1 Å². The Morgan fingerprint density at radius 2 is 1.80 bits per heavy atom. The third kappa shape index (κ3) is 8.59. The van der Waals surface area contributed by atoms with Crippen LogP contribution in [0, 0.1) is 5.82 Å². The van der Waals surface area contributed by atoms with Crippen LogP contribution in [0.5, 0.6) is 6.01 Å². The summed E-state index contributed by atoms with van der Waals surface area (Å²) in [4.78, 5) is 24.0. The van der Waals surface area contributed by atoms with Crippen LogP contribution in [0.25, 0.3) is 0 Å². The van der Waals surface area contributed by atoms with Crippen LogP contribution in [0.15, 0.2) is 11.0 Å². The van der Waals surface area contributed by atoms with Gasteiger partial charge in [0.05, 0.1) is 53.5 Å². The molecular weight excluding hydrogens is 792 g/mol. The molecule has 0 aliphatic carbocycles. The molecule has 1 amide bonds. The summed E-state index contributed by atoms with van der Waals surface area (Å²) in [6, 6.07) is 0.723. The number of nitrogen functional groups attached to an aromatic ring is 1. The molecule has 4 aliphatic heterocycles. The Morgan fingerprint density at radius 1 is 1.09 bits per heavy atom. The standard InChI is InChI=1S/C24H25Cl2F6N7O3S.C7H12FN.C2H6/c1-37(2)23(40)20-18(26)15-9-38(5-4-6-39(15)36-20)22-11-10-42-16(8-14(11)34-24(35-22)41-3)17-19(27)13(33)7-12(25)21(17)43(28,29,30,31)32;8-6-4-7-2-1-3-9(7)5-6;1-2/h7,16H,4-6,8-10,33H2,1-3H3;6-7H,1-5H2;1-2H3. The highest BCUT2D eigenvalue weighted by Gasteiger charge is 2.68. The maximum atomic E-state index is 15.1. The number of methoxy groups -OCH3 is 1. The molecule has 3 aromatic rings. The van der Waals surface area contributed by atoms with Crippen LogP contribution in [0.3, 0.4) is 0 Å². The van der Waals surface area contributed by atoms with E-state index in [2.05, 4.69) is 20.0 Å². The highest BCUT2D eigenvalue weighted by Crippen LogP contribution is 3.03. The number of hydrogen-bond donors (Lipinski definition) is 1. The number of carbonyl (C=O) groups is 1. The number of aryl methyl sites for hydroxylation is 1. The van der Waals surface area contributed by atoms with Gasteiger partial charge in [-0.3, -0.25) is 14.4 Å². The molecule has 4 aliphatic rings. The molecule has 3 atom stereocenters. The Bertz CT molecular complexity index is 1890. The molecule has 1 aromatic carbocycles. The van der Waals surface area contributed by atoms with Gasteiger partial charge in [0.1, 0.15) is 16.9 Å². The zero-order valence-corrected chi connectivity index (χ0v) is 32.7. The maximum Gasteiger partial charge on any atom is 0.318 e. The van der Waals surface area contributed by atoms with Crippen molar-refractivity contribution in [1.82, 2.24) is 29.5 Å². The van der Waals surface area contributed by atoms with Crippen molar-refractivity contribution in [3.63, 3.8) is 0 Å². The quantitative estimate of drug-likeness (QED) is 0.200. The molecule has 0 radical (unpaired) electrons. The minimum atomic E-state index is -10.5. The summed E-state index contributed by atoms with van der Waals surface area (Å²) in [6.07, 6.45) is 0.908.